The highest BCUT2D eigenvalue weighted by Crippen LogP contribution is 2.25. The van der Waals surface area contributed by atoms with E-state index in [1.165, 1.54) is 6.33 Å². The van der Waals surface area contributed by atoms with E-state index in [-0.39, 0.29) is 5.91 Å². The van der Waals surface area contributed by atoms with Crippen LogP contribution in [0.3, 0.4) is 0 Å². The molecule has 9 nitrogen and oxygen atoms in total. The first-order valence-corrected chi connectivity index (χ1v) is 9.85. The Kier molecular flexibility index (Phi) is 5.70. The number of nitrogens with zero attached hydrogens (tertiary/aromatic N) is 5. The van der Waals surface area contributed by atoms with Crippen molar-refractivity contribution in [3.63, 3.8) is 0 Å². The molecule has 0 aliphatic carbocycles. The van der Waals surface area contributed by atoms with E-state index in [1.54, 1.807) is 6.20 Å². The van der Waals surface area contributed by atoms with Crippen molar-refractivity contribution in [3.8, 4) is 5.88 Å². The van der Waals surface area contributed by atoms with E-state index in [9.17, 15) is 4.79 Å². The fraction of sp³-hybridized carbons (Fsp3) is 0.579. The lowest BCUT2D eigenvalue weighted by Gasteiger charge is -2.28. The van der Waals surface area contributed by atoms with E-state index in [0.717, 1.165) is 43.0 Å². The van der Waals surface area contributed by atoms with Crippen molar-refractivity contribution in [2.45, 2.75) is 26.3 Å². The van der Waals surface area contributed by atoms with Gasteiger partial charge in [0.1, 0.15) is 12.1 Å². The van der Waals surface area contributed by atoms with Gasteiger partial charge in [-0.2, -0.15) is 5.10 Å². The van der Waals surface area contributed by atoms with Crippen LogP contribution in [0.1, 0.15) is 29.4 Å². The minimum absolute atomic E-state index is 0.0651. The molecular formula is C19H26N6O3. The van der Waals surface area contributed by atoms with Gasteiger partial charge in [0, 0.05) is 32.2 Å². The molecule has 2 aliphatic rings. The average Bonchev–Trinajstić information content (AvgIpc) is 3.16. The van der Waals surface area contributed by atoms with E-state index in [2.05, 4.69) is 20.4 Å². The third kappa shape index (κ3) is 4.09. The zero-order valence-corrected chi connectivity index (χ0v) is 16.1. The Morgan fingerprint density at radius 3 is 3.00 bits per heavy atom. The molecule has 0 spiro atoms. The lowest BCUT2D eigenvalue weighted by atomic mass is 9.94. The van der Waals surface area contributed by atoms with E-state index >= 15 is 0 Å². The monoisotopic (exact) mass is 386 g/mol. The molecule has 1 N–H and O–H groups in total. The van der Waals surface area contributed by atoms with Crippen LogP contribution in [0.4, 0.5) is 5.82 Å². The Morgan fingerprint density at radius 2 is 2.18 bits per heavy atom. The van der Waals surface area contributed by atoms with Gasteiger partial charge in [0.2, 0.25) is 5.88 Å². The molecule has 1 saturated heterocycles. The molecule has 2 aliphatic heterocycles. The van der Waals surface area contributed by atoms with Gasteiger partial charge in [-0.1, -0.05) is 0 Å². The number of aromatic nitrogens is 4. The summed E-state index contributed by atoms with van der Waals surface area (Å²) in [5, 5.41) is 7.81. The summed E-state index contributed by atoms with van der Waals surface area (Å²) >= 11 is 0. The number of hydrogen-bond acceptors (Lipinski definition) is 7. The molecule has 0 radical (unpaired) electrons. The quantitative estimate of drug-likeness (QED) is 0.798. The molecule has 2 aromatic heterocycles. The Balaban J connectivity index is 1.39. The van der Waals surface area contributed by atoms with Gasteiger partial charge in [-0.25, -0.2) is 9.97 Å². The third-order valence-electron chi connectivity index (χ3n) is 5.21. The minimum atomic E-state index is 0.0651. The Hall–Kier alpha value is -2.68. The molecule has 4 heterocycles. The van der Waals surface area contributed by atoms with Crippen LogP contribution in [0.15, 0.2) is 18.6 Å². The van der Waals surface area contributed by atoms with E-state index in [4.69, 9.17) is 9.47 Å². The lowest BCUT2D eigenvalue weighted by molar-refractivity contribution is 0.0301. The zero-order valence-electron chi connectivity index (χ0n) is 16.1. The second-order valence-corrected chi connectivity index (χ2v) is 7.05. The van der Waals surface area contributed by atoms with Crippen molar-refractivity contribution in [1.82, 2.24) is 24.6 Å². The topological polar surface area (TPSA) is 94.4 Å². The van der Waals surface area contributed by atoms with Crippen LogP contribution in [-0.4, -0.2) is 70.0 Å². The number of amides is 1. The number of carbonyl (C=O) groups is 1. The number of nitrogens with one attached hydrogen (secondary N) is 1. The second-order valence-electron chi connectivity index (χ2n) is 7.05. The van der Waals surface area contributed by atoms with Crippen LogP contribution in [0.25, 0.3) is 0 Å². The van der Waals surface area contributed by atoms with Crippen LogP contribution in [0, 0.1) is 5.92 Å². The summed E-state index contributed by atoms with van der Waals surface area (Å²) in [7, 11) is 0. The second kappa shape index (κ2) is 8.55. The van der Waals surface area contributed by atoms with Gasteiger partial charge < -0.3 is 19.7 Å². The molecular weight excluding hydrogens is 360 g/mol. The van der Waals surface area contributed by atoms with Crippen LogP contribution < -0.4 is 10.1 Å². The summed E-state index contributed by atoms with van der Waals surface area (Å²) in [6.07, 6.45) is 5.06. The first-order valence-electron chi connectivity index (χ1n) is 9.85. The van der Waals surface area contributed by atoms with Crippen LogP contribution in [-0.2, 0) is 17.7 Å². The van der Waals surface area contributed by atoms with Crippen molar-refractivity contribution in [1.29, 1.82) is 0 Å². The number of carbonyl (C=O) groups excluding carboxylic acids is 1. The van der Waals surface area contributed by atoms with Gasteiger partial charge in [0.15, 0.2) is 0 Å². The summed E-state index contributed by atoms with van der Waals surface area (Å²) < 4.78 is 12.7. The summed E-state index contributed by atoms with van der Waals surface area (Å²) in [6.45, 7) is 6.59. The smallest absolute Gasteiger partial charge is 0.257 e. The van der Waals surface area contributed by atoms with E-state index in [0.29, 0.717) is 44.7 Å². The van der Waals surface area contributed by atoms with Gasteiger partial charge in [0.05, 0.1) is 37.3 Å². The average molecular weight is 386 g/mol. The number of ether oxygens (including phenoxy) is 2. The summed E-state index contributed by atoms with van der Waals surface area (Å²) in [5.74, 6) is 1.79. The molecule has 2 aromatic rings. The largest absolute Gasteiger partial charge is 0.478 e. The fourth-order valence-corrected chi connectivity index (χ4v) is 3.70. The number of aryl methyl sites for hydroxylation is 1. The highest BCUT2D eigenvalue weighted by atomic mass is 16.5. The van der Waals surface area contributed by atoms with Gasteiger partial charge in [-0.05, 0) is 25.7 Å². The predicted molar refractivity (Wildman–Crippen MR) is 102 cm³/mol. The first kappa shape index (κ1) is 18.7. The zero-order chi connectivity index (χ0) is 19.3. The molecule has 0 bridgehead atoms. The van der Waals surface area contributed by atoms with Crippen molar-refractivity contribution in [3.05, 3.63) is 29.8 Å². The van der Waals surface area contributed by atoms with Crippen molar-refractivity contribution < 1.29 is 14.3 Å². The number of morpholine rings is 1. The Morgan fingerprint density at radius 1 is 1.32 bits per heavy atom. The highest BCUT2D eigenvalue weighted by Gasteiger charge is 2.28. The van der Waals surface area contributed by atoms with Gasteiger partial charge >= 0.3 is 0 Å². The molecule has 9 heteroatoms. The molecule has 0 aromatic carbocycles. The number of fused-ring (bicyclic) bond motifs is 1. The lowest BCUT2D eigenvalue weighted by Crippen LogP contribution is -2.41. The molecule has 1 fully saturated rings. The van der Waals surface area contributed by atoms with E-state index < -0.39 is 0 Å². The van der Waals surface area contributed by atoms with Crippen molar-refractivity contribution in [2.75, 3.05) is 44.8 Å². The number of rotatable bonds is 6. The maximum atomic E-state index is 12.9. The van der Waals surface area contributed by atoms with Crippen LogP contribution in [0.5, 0.6) is 5.88 Å². The predicted octanol–water partition coefficient (Wildman–Crippen LogP) is 1.22. The van der Waals surface area contributed by atoms with Gasteiger partial charge in [-0.15, -0.1) is 0 Å². The van der Waals surface area contributed by atoms with Gasteiger partial charge in [-0.3, -0.25) is 9.48 Å². The first-order chi connectivity index (χ1) is 13.7. The van der Waals surface area contributed by atoms with Crippen LogP contribution >= 0.6 is 0 Å². The minimum Gasteiger partial charge on any atom is -0.478 e. The molecule has 0 saturated carbocycles. The number of hydrogen-bond donors (Lipinski definition) is 1. The van der Waals surface area contributed by atoms with Crippen molar-refractivity contribution >= 4 is 11.7 Å². The summed E-state index contributed by atoms with van der Waals surface area (Å²) in [5.41, 5.74) is 1.76. The normalized spacial score (nSPS) is 19.2. The van der Waals surface area contributed by atoms with Crippen molar-refractivity contribution in [2.24, 2.45) is 5.92 Å². The van der Waals surface area contributed by atoms with Gasteiger partial charge in [0.25, 0.3) is 5.91 Å². The Labute approximate surface area is 164 Å². The maximum absolute atomic E-state index is 12.9. The maximum Gasteiger partial charge on any atom is 0.257 e. The molecule has 1 atom stereocenters. The molecule has 28 heavy (non-hydrogen) atoms. The van der Waals surface area contributed by atoms with Crippen LogP contribution in [0.2, 0.25) is 0 Å². The summed E-state index contributed by atoms with van der Waals surface area (Å²) in [6, 6.07) is 1.81. The standard InChI is InChI=1S/C19H26N6O3/c1-2-28-18-10-17(21-13-22-18)20-11-14-3-4-25-16(9-14)15(12-23-25)19(26)24-5-7-27-8-6-24/h10,12-14H,2-9,11H2,1H3,(H,20,21,22). The van der Waals surface area contributed by atoms with E-state index in [1.807, 2.05) is 22.6 Å². The Bertz CT molecular complexity index is 818. The third-order valence-corrected chi connectivity index (χ3v) is 5.21. The number of anilines is 1. The highest BCUT2D eigenvalue weighted by molar-refractivity contribution is 5.95. The fourth-order valence-electron chi connectivity index (χ4n) is 3.70. The summed E-state index contributed by atoms with van der Waals surface area (Å²) in [4.78, 5) is 23.1. The molecule has 150 valence electrons. The SMILES string of the molecule is CCOc1cc(NCC2CCn3ncc(C(=O)N4CCOCC4)c3C2)ncn1. The molecule has 1 unspecified atom stereocenters. The molecule has 4 rings (SSSR count). The molecule has 1 amide bonds.